The number of hydrogen-bond donors (Lipinski definition) is 2. The van der Waals surface area contributed by atoms with E-state index in [1.165, 1.54) is 32.2 Å². The van der Waals surface area contributed by atoms with Crippen molar-refractivity contribution in [3.05, 3.63) is 24.9 Å². The quantitative estimate of drug-likeness (QED) is 0.490. The van der Waals surface area contributed by atoms with Crippen molar-refractivity contribution in [2.45, 2.75) is 38.4 Å². The molecular weight excluding hydrogens is 278 g/mol. The summed E-state index contributed by atoms with van der Waals surface area (Å²) in [5.41, 5.74) is 0. The number of ketones is 1. The molecule has 7 heteroatoms. The van der Waals surface area contributed by atoms with E-state index in [9.17, 15) is 19.8 Å². The molecule has 0 spiro atoms. The van der Waals surface area contributed by atoms with Crippen LogP contribution in [0.4, 0.5) is 0 Å². The summed E-state index contributed by atoms with van der Waals surface area (Å²) < 4.78 is 10.9. The van der Waals surface area contributed by atoms with Gasteiger partial charge < -0.3 is 19.7 Å². The maximum absolute atomic E-state index is 11.7. The summed E-state index contributed by atoms with van der Waals surface area (Å²) in [4.78, 5) is 23.9. The summed E-state index contributed by atoms with van der Waals surface area (Å²) in [5, 5.41) is 19.3. The molecule has 1 rings (SSSR count). The number of carbonyl (C=O) groups excluding carboxylic acids is 2. The first-order valence-corrected chi connectivity index (χ1v) is 6.57. The number of carbonyl (C=O) groups is 2. The van der Waals surface area contributed by atoms with Crippen LogP contribution >= 0.6 is 0 Å². The van der Waals surface area contributed by atoms with Gasteiger partial charge in [0.05, 0.1) is 13.2 Å². The fraction of sp³-hybridized carbons (Fsp3) is 0.571. The molecule has 0 aliphatic carbocycles. The van der Waals surface area contributed by atoms with Gasteiger partial charge in [0.25, 0.3) is 0 Å². The van der Waals surface area contributed by atoms with Crippen LogP contribution in [-0.4, -0.2) is 64.6 Å². The molecule has 4 atom stereocenters. The third kappa shape index (κ3) is 4.47. The molecule has 0 aromatic carbocycles. The van der Waals surface area contributed by atoms with Crippen LogP contribution in [0.25, 0.3) is 0 Å². The van der Waals surface area contributed by atoms with E-state index >= 15 is 0 Å². The minimum absolute atomic E-state index is 0.155. The molecule has 1 aliphatic heterocycles. The van der Waals surface area contributed by atoms with Crippen molar-refractivity contribution in [3.63, 3.8) is 0 Å². The molecule has 2 N–H and O–H groups in total. The average molecular weight is 299 g/mol. The Morgan fingerprint density at radius 3 is 2.57 bits per heavy atom. The number of hydrogen-bond acceptors (Lipinski definition) is 6. The first-order chi connectivity index (χ1) is 9.92. The number of nitrogens with zero attached hydrogens (tertiary/aromatic N) is 1. The van der Waals surface area contributed by atoms with Crippen LogP contribution in [-0.2, 0) is 19.1 Å². The Morgan fingerprint density at radius 1 is 1.43 bits per heavy atom. The molecule has 1 fully saturated rings. The molecular formula is C14H21NO6. The van der Waals surface area contributed by atoms with E-state index in [1.807, 2.05) is 0 Å². The van der Waals surface area contributed by atoms with Crippen LogP contribution in [0.1, 0.15) is 13.8 Å². The van der Waals surface area contributed by atoms with Gasteiger partial charge in [0.2, 0.25) is 5.91 Å². The minimum atomic E-state index is -1.09. The molecule has 1 heterocycles. The third-order valence-corrected chi connectivity index (χ3v) is 3.01. The van der Waals surface area contributed by atoms with Crippen LogP contribution in [0, 0.1) is 0 Å². The summed E-state index contributed by atoms with van der Waals surface area (Å²) in [6.45, 7) is 5.91. The van der Waals surface area contributed by atoms with Crippen molar-refractivity contribution < 1.29 is 29.3 Å². The molecule has 0 aromatic rings. The van der Waals surface area contributed by atoms with Crippen LogP contribution in [0.15, 0.2) is 24.9 Å². The summed E-state index contributed by atoms with van der Waals surface area (Å²) >= 11 is 0. The summed E-state index contributed by atoms with van der Waals surface area (Å²) in [7, 11) is 0. The second kappa shape index (κ2) is 8.04. The van der Waals surface area contributed by atoms with E-state index in [0.717, 1.165) is 4.90 Å². The van der Waals surface area contributed by atoms with Gasteiger partial charge in [0, 0.05) is 13.1 Å². The number of amides is 1. The molecule has 1 amide bonds. The summed E-state index contributed by atoms with van der Waals surface area (Å²) in [6.07, 6.45) is 0.273. The van der Waals surface area contributed by atoms with Crippen LogP contribution in [0.5, 0.6) is 0 Å². The van der Waals surface area contributed by atoms with E-state index in [2.05, 4.69) is 6.58 Å². The van der Waals surface area contributed by atoms with Crippen molar-refractivity contribution >= 4 is 11.7 Å². The fourth-order valence-electron chi connectivity index (χ4n) is 2.01. The van der Waals surface area contributed by atoms with Gasteiger partial charge in [-0.25, -0.2) is 0 Å². The van der Waals surface area contributed by atoms with Crippen LogP contribution < -0.4 is 0 Å². The lowest BCUT2D eigenvalue weighted by atomic mass is 10.1. The number of rotatable bonds is 7. The molecule has 7 nitrogen and oxygen atoms in total. The maximum atomic E-state index is 11.7. The van der Waals surface area contributed by atoms with E-state index in [1.54, 1.807) is 0 Å². The highest BCUT2D eigenvalue weighted by molar-refractivity contribution is 5.87. The Labute approximate surface area is 123 Å². The Morgan fingerprint density at radius 2 is 2.10 bits per heavy atom. The molecule has 0 aromatic heterocycles. The van der Waals surface area contributed by atoms with Gasteiger partial charge in [-0.1, -0.05) is 6.08 Å². The maximum Gasteiger partial charge on any atom is 0.225 e. The predicted molar refractivity (Wildman–Crippen MR) is 74.0 cm³/mol. The predicted octanol–water partition coefficient (Wildman–Crippen LogP) is -0.413. The van der Waals surface area contributed by atoms with E-state index in [-0.39, 0.29) is 18.3 Å². The molecule has 1 saturated heterocycles. The Kier molecular flexibility index (Phi) is 6.70. The number of allylic oxidation sites excluding steroid dienone is 1. The standard InChI is InChI=1S/C14H21NO6/c1-4-7-20-13-12(19)11(8-16)21-14(13)15(10(3)18)6-5-9(2)17/h4-6,11-14,16,19H,1,7-8H2,2-3H3/b6-5-/t11-,12?,13+,14-/m1/s1. The third-order valence-electron chi connectivity index (χ3n) is 3.01. The molecule has 0 radical (unpaired) electrons. The molecule has 1 unspecified atom stereocenters. The van der Waals surface area contributed by atoms with Gasteiger partial charge >= 0.3 is 0 Å². The number of ether oxygens (including phenoxy) is 2. The second-order valence-electron chi connectivity index (χ2n) is 4.68. The zero-order valence-corrected chi connectivity index (χ0v) is 12.1. The molecule has 118 valence electrons. The van der Waals surface area contributed by atoms with E-state index in [4.69, 9.17) is 9.47 Å². The zero-order chi connectivity index (χ0) is 16.0. The Hall–Kier alpha value is -1.54. The zero-order valence-electron chi connectivity index (χ0n) is 12.1. The minimum Gasteiger partial charge on any atom is -0.394 e. The summed E-state index contributed by atoms with van der Waals surface area (Å²) in [6, 6.07) is 0. The lowest BCUT2D eigenvalue weighted by Crippen LogP contribution is -2.45. The summed E-state index contributed by atoms with van der Waals surface area (Å²) in [5.74, 6) is -0.613. The lowest BCUT2D eigenvalue weighted by molar-refractivity contribution is -0.146. The van der Waals surface area contributed by atoms with Gasteiger partial charge in [-0.2, -0.15) is 0 Å². The van der Waals surface area contributed by atoms with Crippen molar-refractivity contribution in [2.75, 3.05) is 13.2 Å². The SMILES string of the molecule is C=CCO[C@H]1C(O)[C@@H](CO)O[C@H]1N(/C=C\C(C)=O)C(C)=O. The van der Waals surface area contributed by atoms with Gasteiger partial charge in [0.1, 0.15) is 18.3 Å². The van der Waals surface area contributed by atoms with Crippen molar-refractivity contribution in [2.24, 2.45) is 0 Å². The van der Waals surface area contributed by atoms with Crippen LogP contribution in [0.3, 0.4) is 0 Å². The van der Waals surface area contributed by atoms with Crippen molar-refractivity contribution in [1.82, 2.24) is 4.90 Å². The van der Waals surface area contributed by atoms with Gasteiger partial charge in [0.15, 0.2) is 12.0 Å². The van der Waals surface area contributed by atoms with Crippen LogP contribution in [0.2, 0.25) is 0 Å². The molecule has 1 aliphatic rings. The van der Waals surface area contributed by atoms with E-state index < -0.39 is 31.1 Å². The first-order valence-electron chi connectivity index (χ1n) is 6.57. The topological polar surface area (TPSA) is 96.3 Å². The molecule has 0 bridgehead atoms. The normalized spacial score (nSPS) is 28.8. The van der Waals surface area contributed by atoms with E-state index in [0.29, 0.717) is 0 Å². The smallest absolute Gasteiger partial charge is 0.225 e. The van der Waals surface area contributed by atoms with Gasteiger partial charge in [-0.05, 0) is 13.0 Å². The largest absolute Gasteiger partial charge is 0.394 e. The number of aliphatic hydroxyl groups is 2. The van der Waals surface area contributed by atoms with Crippen molar-refractivity contribution in [3.8, 4) is 0 Å². The molecule has 21 heavy (non-hydrogen) atoms. The highest BCUT2D eigenvalue weighted by Crippen LogP contribution is 2.27. The highest BCUT2D eigenvalue weighted by Gasteiger charge is 2.47. The average Bonchev–Trinajstić information content (AvgIpc) is 2.72. The Bertz CT molecular complexity index is 422. The van der Waals surface area contributed by atoms with Gasteiger partial charge in [-0.15, -0.1) is 6.58 Å². The number of aliphatic hydroxyl groups excluding tert-OH is 2. The molecule has 0 saturated carbocycles. The van der Waals surface area contributed by atoms with Gasteiger partial charge in [-0.3, -0.25) is 14.5 Å². The highest BCUT2D eigenvalue weighted by atomic mass is 16.6. The lowest BCUT2D eigenvalue weighted by Gasteiger charge is -2.28. The second-order valence-corrected chi connectivity index (χ2v) is 4.68. The first kappa shape index (κ1) is 17.5. The monoisotopic (exact) mass is 299 g/mol. The van der Waals surface area contributed by atoms with Crippen molar-refractivity contribution in [1.29, 1.82) is 0 Å². The fourth-order valence-corrected chi connectivity index (χ4v) is 2.01. The Balaban J connectivity index is 2.98.